The predicted molar refractivity (Wildman–Crippen MR) is 164 cm³/mol. The molecule has 4 amide bonds. The van der Waals surface area contributed by atoms with Gasteiger partial charge in [0.05, 0.1) is 35.0 Å². The summed E-state index contributed by atoms with van der Waals surface area (Å²) in [7, 11) is 0. The maximum absolute atomic E-state index is 14.1. The Morgan fingerprint density at radius 1 is 0.651 bits per heavy atom. The topological polar surface area (TPSA) is 95.0 Å². The number of hydrogen-bond acceptors (Lipinski definition) is 5. The lowest BCUT2D eigenvalue weighted by atomic mass is 9.57. The smallest absolute Gasteiger partial charge is 0.238 e. The predicted octanol–water partition coefficient (Wildman–Crippen LogP) is 5.72. The molecule has 2 saturated heterocycles. The molecule has 7 rings (SSSR count). The molecule has 2 aliphatic carbocycles. The number of amides is 4. The fourth-order valence-corrected chi connectivity index (χ4v) is 7.72. The molecule has 43 heavy (non-hydrogen) atoms. The second kappa shape index (κ2) is 10.1. The van der Waals surface area contributed by atoms with Gasteiger partial charge in [0.15, 0.2) is 0 Å². The van der Waals surface area contributed by atoms with Gasteiger partial charge in [0.25, 0.3) is 0 Å². The van der Waals surface area contributed by atoms with Crippen LogP contribution in [0.1, 0.15) is 35.4 Å². The summed E-state index contributed by atoms with van der Waals surface area (Å²) in [5.74, 6) is -4.87. The molecule has 0 radical (unpaired) electrons. The Morgan fingerprint density at radius 2 is 1.19 bits per heavy atom. The Morgan fingerprint density at radius 3 is 1.74 bits per heavy atom. The molecule has 2 aliphatic heterocycles. The Hall–Kier alpha value is -5.04. The van der Waals surface area contributed by atoms with E-state index in [4.69, 9.17) is 0 Å². The fourth-order valence-electron chi connectivity index (χ4n) is 7.72. The van der Waals surface area contributed by atoms with Crippen molar-refractivity contribution < 1.29 is 24.3 Å². The van der Waals surface area contributed by atoms with Crippen LogP contribution in [0.3, 0.4) is 0 Å². The molecule has 4 aliphatic rings. The van der Waals surface area contributed by atoms with E-state index in [1.54, 1.807) is 72.8 Å². The molecule has 3 aromatic carbocycles. The molecule has 0 spiro atoms. The number of aromatic hydroxyl groups is 1. The molecule has 214 valence electrons. The van der Waals surface area contributed by atoms with Crippen molar-refractivity contribution in [1.82, 2.24) is 0 Å². The van der Waals surface area contributed by atoms with Crippen LogP contribution in [0.2, 0.25) is 0 Å². The van der Waals surface area contributed by atoms with E-state index in [2.05, 4.69) is 13.2 Å². The minimum atomic E-state index is -0.742. The van der Waals surface area contributed by atoms with Gasteiger partial charge < -0.3 is 5.11 Å². The van der Waals surface area contributed by atoms with Crippen LogP contribution in [0.15, 0.2) is 97.6 Å². The van der Waals surface area contributed by atoms with Crippen LogP contribution < -0.4 is 9.80 Å². The summed E-state index contributed by atoms with van der Waals surface area (Å²) in [5, 5.41) is 11.0. The van der Waals surface area contributed by atoms with E-state index in [0.717, 1.165) is 16.7 Å². The number of nitrogens with zero attached hydrogens (tertiary/aromatic N) is 2. The average Bonchev–Trinajstić information content (AvgIpc) is 3.44. The van der Waals surface area contributed by atoms with Crippen LogP contribution in [0, 0.1) is 29.6 Å². The molecule has 1 N–H and O–H groups in total. The minimum absolute atomic E-state index is 0.0294. The van der Waals surface area contributed by atoms with Crippen molar-refractivity contribution in [3.8, 4) is 5.75 Å². The third-order valence-corrected chi connectivity index (χ3v) is 9.69. The SMILES string of the molecule is C=Cc1ccc(N2C(=O)[C@H]3[C@H](CC=C4[C@H]3C[C@H]3C(=O)N(c5ccc(C=C)cc5)C(=O)[C@H]3[C@H]4c3ccccc3O)C2=O)cc1. The van der Waals surface area contributed by atoms with Crippen LogP contribution in [-0.2, 0) is 19.2 Å². The number of para-hydroxylation sites is 1. The van der Waals surface area contributed by atoms with Crippen LogP contribution in [0.5, 0.6) is 5.75 Å². The number of phenolic OH excluding ortho intramolecular Hbond substituents is 1. The molecule has 3 aromatic rings. The molecule has 2 heterocycles. The van der Waals surface area contributed by atoms with Crippen LogP contribution in [0.25, 0.3) is 12.2 Å². The number of fused-ring (bicyclic) bond motifs is 4. The highest BCUT2D eigenvalue weighted by molar-refractivity contribution is 6.24. The Labute approximate surface area is 249 Å². The molecule has 3 fully saturated rings. The summed E-state index contributed by atoms with van der Waals surface area (Å²) in [6.07, 6.45) is 5.99. The molecule has 6 atom stereocenters. The number of imide groups is 2. The lowest BCUT2D eigenvalue weighted by Crippen LogP contribution is -2.43. The van der Waals surface area contributed by atoms with Crippen LogP contribution in [-0.4, -0.2) is 28.7 Å². The average molecular weight is 571 g/mol. The third-order valence-electron chi connectivity index (χ3n) is 9.69. The standard InChI is InChI=1S/C36H30N2O5/c1-3-20-9-13-22(14-10-20)37-33(40)26-18-17-24-27(31(26)35(37)42)19-28-32(30(24)25-7-5-6-8-29(25)39)36(43)38(34(28)41)23-15-11-21(4-2)12-16-23/h3-17,26-28,30-32,39H,1-2,18-19H2/t26-,27+,28+,30+,31-,32+/m0/s1. The number of rotatable bonds is 5. The van der Waals surface area contributed by atoms with E-state index in [-0.39, 0.29) is 35.8 Å². The van der Waals surface area contributed by atoms with Gasteiger partial charge in [0.2, 0.25) is 23.6 Å². The van der Waals surface area contributed by atoms with Gasteiger partial charge in [-0.15, -0.1) is 0 Å². The van der Waals surface area contributed by atoms with Crippen molar-refractivity contribution in [2.24, 2.45) is 29.6 Å². The Balaban J connectivity index is 1.31. The summed E-state index contributed by atoms with van der Waals surface area (Å²) < 4.78 is 0. The first kappa shape index (κ1) is 26.8. The monoisotopic (exact) mass is 570 g/mol. The van der Waals surface area contributed by atoms with Crippen molar-refractivity contribution in [2.45, 2.75) is 18.8 Å². The maximum atomic E-state index is 14.1. The lowest BCUT2D eigenvalue weighted by Gasteiger charge is -2.44. The van der Waals surface area contributed by atoms with Crippen molar-refractivity contribution >= 4 is 47.2 Å². The normalized spacial score (nSPS) is 27.9. The van der Waals surface area contributed by atoms with E-state index in [0.29, 0.717) is 23.4 Å². The first-order valence-corrected chi connectivity index (χ1v) is 14.5. The summed E-state index contributed by atoms with van der Waals surface area (Å²) in [5.41, 5.74) is 4.11. The summed E-state index contributed by atoms with van der Waals surface area (Å²) >= 11 is 0. The zero-order valence-corrected chi connectivity index (χ0v) is 23.4. The Kier molecular flexibility index (Phi) is 6.27. The first-order valence-electron chi connectivity index (χ1n) is 14.5. The van der Waals surface area contributed by atoms with Gasteiger partial charge in [-0.3, -0.25) is 29.0 Å². The Bertz CT molecular complexity index is 1740. The largest absolute Gasteiger partial charge is 0.508 e. The number of carbonyl (C=O) groups is 4. The number of benzene rings is 3. The van der Waals surface area contributed by atoms with Crippen molar-refractivity contribution in [3.63, 3.8) is 0 Å². The molecule has 0 bridgehead atoms. The zero-order chi connectivity index (χ0) is 30.0. The fraction of sp³-hybridized carbons (Fsp3) is 0.222. The van der Waals surface area contributed by atoms with Gasteiger partial charge in [0.1, 0.15) is 5.75 Å². The van der Waals surface area contributed by atoms with Crippen molar-refractivity contribution in [2.75, 3.05) is 9.80 Å². The molecule has 1 saturated carbocycles. The quantitative estimate of drug-likeness (QED) is 0.313. The first-order chi connectivity index (χ1) is 20.8. The summed E-state index contributed by atoms with van der Waals surface area (Å²) in [4.78, 5) is 58.5. The zero-order valence-electron chi connectivity index (χ0n) is 23.4. The molecular weight excluding hydrogens is 540 g/mol. The lowest BCUT2D eigenvalue weighted by molar-refractivity contribution is -0.126. The highest BCUT2D eigenvalue weighted by atomic mass is 16.3. The second-order valence-electron chi connectivity index (χ2n) is 11.7. The van der Waals surface area contributed by atoms with Gasteiger partial charge >= 0.3 is 0 Å². The minimum Gasteiger partial charge on any atom is -0.508 e. The third kappa shape index (κ3) is 3.95. The van der Waals surface area contributed by atoms with E-state index in [9.17, 15) is 24.3 Å². The van der Waals surface area contributed by atoms with Gasteiger partial charge in [-0.05, 0) is 60.2 Å². The number of carbonyl (C=O) groups excluding carboxylic acids is 4. The number of allylic oxidation sites excluding steroid dienone is 2. The molecule has 7 heteroatoms. The van der Waals surface area contributed by atoms with Crippen LogP contribution >= 0.6 is 0 Å². The van der Waals surface area contributed by atoms with Gasteiger partial charge in [-0.25, -0.2) is 0 Å². The van der Waals surface area contributed by atoms with Crippen LogP contribution in [0.4, 0.5) is 11.4 Å². The van der Waals surface area contributed by atoms with E-state index < -0.39 is 35.5 Å². The molecule has 0 unspecified atom stereocenters. The van der Waals surface area contributed by atoms with Gasteiger partial charge in [-0.1, -0.05) is 79.4 Å². The summed E-state index contributed by atoms with van der Waals surface area (Å²) in [6, 6.07) is 21.1. The summed E-state index contributed by atoms with van der Waals surface area (Å²) in [6.45, 7) is 7.54. The van der Waals surface area contributed by atoms with E-state index >= 15 is 0 Å². The second-order valence-corrected chi connectivity index (χ2v) is 11.7. The van der Waals surface area contributed by atoms with Crippen molar-refractivity contribution in [1.29, 1.82) is 0 Å². The highest BCUT2D eigenvalue weighted by Crippen LogP contribution is 2.59. The molecular formula is C36H30N2O5. The highest BCUT2D eigenvalue weighted by Gasteiger charge is 2.62. The van der Waals surface area contributed by atoms with Crippen molar-refractivity contribution in [3.05, 3.63) is 114 Å². The number of hydrogen-bond donors (Lipinski definition) is 1. The maximum Gasteiger partial charge on any atom is 0.238 e. The molecule has 7 nitrogen and oxygen atoms in total. The van der Waals surface area contributed by atoms with E-state index in [1.807, 2.05) is 18.2 Å². The number of phenols is 1. The number of anilines is 2. The molecule has 0 aromatic heterocycles. The van der Waals surface area contributed by atoms with Gasteiger partial charge in [-0.2, -0.15) is 0 Å². The van der Waals surface area contributed by atoms with Gasteiger partial charge in [0, 0.05) is 11.5 Å². The van der Waals surface area contributed by atoms with E-state index in [1.165, 1.54) is 9.80 Å².